The maximum atomic E-state index is 12.9. The first kappa shape index (κ1) is 16.4. The fourth-order valence-corrected chi connectivity index (χ4v) is 3.01. The fourth-order valence-electron chi connectivity index (χ4n) is 3.01. The van der Waals surface area contributed by atoms with Crippen molar-refractivity contribution in [1.29, 1.82) is 0 Å². The van der Waals surface area contributed by atoms with Gasteiger partial charge in [0.25, 0.3) is 11.8 Å². The maximum Gasteiger partial charge on any atom is 0.291 e. The molecule has 0 saturated carbocycles. The first-order chi connectivity index (χ1) is 12.7. The van der Waals surface area contributed by atoms with Gasteiger partial charge in [0.2, 0.25) is 5.76 Å². The highest BCUT2D eigenvalue weighted by molar-refractivity contribution is 6.14. The Labute approximate surface area is 150 Å². The first-order valence-electron chi connectivity index (χ1n) is 8.49. The number of morpholine rings is 1. The zero-order valence-corrected chi connectivity index (χ0v) is 14.1. The number of furan rings is 1. The van der Waals surface area contributed by atoms with E-state index < -0.39 is 0 Å². The van der Waals surface area contributed by atoms with Crippen molar-refractivity contribution in [2.75, 3.05) is 31.6 Å². The molecular formula is C20H18N2O4. The summed E-state index contributed by atoms with van der Waals surface area (Å²) in [7, 11) is 0. The second kappa shape index (κ2) is 7.01. The van der Waals surface area contributed by atoms with Crippen molar-refractivity contribution in [2.45, 2.75) is 0 Å². The van der Waals surface area contributed by atoms with E-state index in [4.69, 9.17) is 9.15 Å². The van der Waals surface area contributed by atoms with Crippen LogP contribution >= 0.6 is 0 Å². The zero-order valence-electron chi connectivity index (χ0n) is 14.1. The number of hydrogen-bond donors (Lipinski definition) is 1. The molecule has 0 spiro atoms. The molecule has 1 saturated heterocycles. The normalized spacial score (nSPS) is 14.4. The van der Waals surface area contributed by atoms with Crippen LogP contribution in [-0.2, 0) is 4.74 Å². The second-order valence-electron chi connectivity index (χ2n) is 6.03. The van der Waals surface area contributed by atoms with Crippen LogP contribution in [-0.4, -0.2) is 43.0 Å². The lowest BCUT2D eigenvalue weighted by atomic mass is 10.1. The van der Waals surface area contributed by atoms with E-state index in [-0.39, 0.29) is 17.6 Å². The lowest BCUT2D eigenvalue weighted by Gasteiger charge is -2.26. The molecule has 6 heteroatoms. The molecule has 0 bridgehead atoms. The Morgan fingerprint density at radius 3 is 2.38 bits per heavy atom. The summed E-state index contributed by atoms with van der Waals surface area (Å²) in [5.74, 6) is -0.376. The van der Waals surface area contributed by atoms with Crippen LogP contribution in [0.15, 0.2) is 59.0 Å². The van der Waals surface area contributed by atoms with Crippen molar-refractivity contribution < 1.29 is 18.7 Å². The molecule has 1 fully saturated rings. The molecule has 4 rings (SSSR count). The van der Waals surface area contributed by atoms with E-state index >= 15 is 0 Å². The highest BCUT2D eigenvalue weighted by Gasteiger charge is 2.27. The molecule has 0 unspecified atom stereocenters. The van der Waals surface area contributed by atoms with Gasteiger partial charge in [0.1, 0.15) is 11.3 Å². The van der Waals surface area contributed by atoms with Crippen LogP contribution in [0.25, 0.3) is 11.0 Å². The summed E-state index contributed by atoms with van der Waals surface area (Å²) in [6, 6.07) is 16.2. The Morgan fingerprint density at radius 1 is 0.923 bits per heavy atom. The van der Waals surface area contributed by atoms with Crippen molar-refractivity contribution in [2.24, 2.45) is 0 Å². The van der Waals surface area contributed by atoms with Crippen LogP contribution in [0.5, 0.6) is 0 Å². The van der Waals surface area contributed by atoms with Gasteiger partial charge >= 0.3 is 0 Å². The molecule has 2 amide bonds. The topological polar surface area (TPSA) is 71.8 Å². The van der Waals surface area contributed by atoms with Crippen molar-refractivity contribution in [1.82, 2.24) is 4.90 Å². The minimum absolute atomic E-state index is 0.150. The molecule has 2 heterocycles. The first-order valence-corrected chi connectivity index (χ1v) is 8.49. The fraction of sp³-hybridized carbons (Fsp3) is 0.200. The van der Waals surface area contributed by atoms with Crippen molar-refractivity contribution in [3.8, 4) is 0 Å². The number of carbonyl (C=O) groups is 2. The molecule has 0 radical (unpaired) electrons. The highest BCUT2D eigenvalue weighted by Crippen LogP contribution is 2.32. The number of ether oxygens (including phenoxy) is 1. The average molecular weight is 350 g/mol. The number of fused-ring (bicyclic) bond motifs is 1. The second-order valence-corrected chi connectivity index (χ2v) is 6.03. The average Bonchev–Trinajstić information content (AvgIpc) is 3.07. The van der Waals surface area contributed by atoms with E-state index in [1.54, 1.807) is 35.2 Å². The largest absolute Gasteiger partial charge is 0.449 e. The predicted molar refractivity (Wildman–Crippen MR) is 97.3 cm³/mol. The Hall–Kier alpha value is -3.12. The minimum atomic E-state index is -0.284. The number of rotatable bonds is 3. The number of amides is 2. The van der Waals surface area contributed by atoms with Gasteiger partial charge < -0.3 is 19.4 Å². The standard InChI is InChI=1S/C20H18N2O4/c23-19(14-6-2-1-3-7-14)21-17-15-8-4-5-9-16(15)26-18(17)20(24)22-10-12-25-13-11-22/h1-9H,10-13H2,(H,21,23). The Kier molecular flexibility index (Phi) is 4.41. The summed E-state index contributed by atoms with van der Waals surface area (Å²) in [6.45, 7) is 2.00. The molecule has 2 aromatic carbocycles. The van der Waals surface area contributed by atoms with Crippen LogP contribution < -0.4 is 5.32 Å². The number of anilines is 1. The van der Waals surface area contributed by atoms with E-state index in [0.29, 0.717) is 48.5 Å². The van der Waals surface area contributed by atoms with Crippen LogP contribution in [0.1, 0.15) is 20.9 Å². The van der Waals surface area contributed by atoms with Crippen LogP contribution in [0, 0.1) is 0 Å². The van der Waals surface area contributed by atoms with Crippen LogP contribution in [0.2, 0.25) is 0 Å². The van der Waals surface area contributed by atoms with Gasteiger partial charge in [-0.1, -0.05) is 30.3 Å². The summed E-state index contributed by atoms with van der Waals surface area (Å²) in [5, 5.41) is 3.56. The van der Waals surface area contributed by atoms with Gasteiger partial charge in [-0.15, -0.1) is 0 Å². The van der Waals surface area contributed by atoms with Gasteiger partial charge in [0, 0.05) is 24.0 Å². The number of nitrogens with one attached hydrogen (secondary N) is 1. The molecule has 1 aliphatic rings. The van der Waals surface area contributed by atoms with Gasteiger partial charge in [-0.25, -0.2) is 0 Å². The molecule has 6 nitrogen and oxygen atoms in total. The Balaban J connectivity index is 1.72. The van der Waals surface area contributed by atoms with Gasteiger partial charge in [0.05, 0.1) is 13.2 Å². The molecule has 1 aromatic heterocycles. The third-order valence-electron chi connectivity index (χ3n) is 4.36. The summed E-state index contributed by atoms with van der Waals surface area (Å²) < 4.78 is 11.1. The van der Waals surface area contributed by atoms with Gasteiger partial charge in [-0.3, -0.25) is 9.59 Å². The smallest absolute Gasteiger partial charge is 0.291 e. The Morgan fingerprint density at radius 2 is 1.62 bits per heavy atom. The number of carbonyl (C=O) groups excluding carboxylic acids is 2. The minimum Gasteiger partial charge on any atom is -0.449 e. The van der Waals surface area contributed by atoms with Crippen molar-refractivity contribution in [3.63, 3.8) is 0 Å². The van der Waals surface area contributed by atoms with Crippen molar-refractivity contribution >= 4 is 28.5 Å². The molecule has 0 atom stereocenters. The van der Waals surface area contributed by atoms with E-state index in [1.165, 1.54) is 0 Å². The molecule has 3 aromatic rings. The number of hydrogen-bond acceptors (Lipinski definition) is 4. The molecule has 1 aliphatic heterocycles. The monoisotopic (exact) mass is 350 g/mol. The van der Waals surface area contributed by atoms with E-state index in [9.17, 15) is 9.59 Å². The molecule has 132 valence electrons. The van der Waals surface area contributed by atoms with E-state index in [1.807, 2.05) is 24.3 Å². The number of nitrogens with zero attached hydrogens (tertiary/aromatic N) is 1. The summed E-state index contributed by atoms with van der Waals surface area (Å²) in [6.07, 6.45) is 0. The van der Waals surface area contributed by atoms with Gasteiger partial charge in [-0.05, 0) is 24.3 Å². The molecule has 0 aliphatic carbocycles. The van der Waals surface area contributed by atoms with Crippen LogP contribution in [0.4, 0.5) is 5.69 Å². The summed E-state index contributed by atoms with van der Waals surface area (Å²) in [4.78, 5) is 27.2. The lowest BCUT2D eigenvalue weighted by Crippen LogP contribution is -2.40. The number of para-hydroxylation sites is 1. The predicted octanol–water partition coefficient (Wildman–Crippen LogP) is 3.16. The lowest BCUT2D eigenvalue weighted by molar-refractivity contribution is 0.0285. The van der Waals surface area contributed by atoms with Gasteiger partial charge in [-0.2, -0.15) is 0 Å². The van der Waals surface area contributed by atoms with E-state index in [2.05, 4.69) is 5.32 Å². The molecular weight excluding hydrogens is 332 g/mol. The Bertz CT molecular complexity index is 943. The molecule has 1 N–H and O–H groups in total. The zero-order chi connectivity index (χ0) is 17.9. The van der Waals surface area contributed by atoms with E-state index in [0.717, 1.165) is 0 Å². The maximum absolute atomic E-state index is 12.9. The van der Waals surface area contributed by atoms with Crippen LogP contribution in [0.3, 0.4) is 0 Å². The van der Waals surface area contributed by atoms with Gasteiger partial charge in [0.15, 0.2) is 0 Å². The SMILES string of the molecule is O=C(Nc1c(C(=O)N2CCOCC2)oc2ccccc12)c1ccccc1. The number of benzene rings is 2. The summed E-state index contributed by atoms with van der Waals surface area (Å²) in [5.41, 5.74) is 1.49. The quantitative estimate of drug-likeness (QED) is 0.788. The highest BCUT2D eigenvalue weighted by atomic mass is 16.5. The third kappa shape index (κ3) is 3.07. The van der Waals surface area contributed by atoms with Crippen molar-refractivity contribution in [3.05, 3.63) is 65.9 Å². The third-order valence-corrected chi connectivity index (χ3v) is 4.36. The summed E-state index contributed by atoms with van der Waals surface area (Å²) >= 11 is 0. The molecule has 26 heavy (non-hydrogen) atoms.